The summed E-state index contributed by atoms with van der Waals surface area (Å²) in [6.07, 6.45) is 2.88. The van der Waals surface area contributed by atoms with Crippen LogP contribution in [0.25, 0.3) is 0 Å². The van der Waals surface area contributed by atoms with Gasteiger partial charge in [-0.2, -0.15) is 0 Å². The van der Waals surface area contributed by atoms with Crippen molar-refractivity contribution in [3.63, 3.8) is 0 Å². The lowest BCUT2D eigenvalue weighted by atomic mass is 10.2. The Morgan fingerprint density at radius 1 is 1.12 bits per heavy atom. The van der Waals surface area contributed by atoms with Crippen LogP contribution in [0.3, 0.4) is 0 Å². The molecule has 0 saturated carbocycles. The van der Waals surface area contributed by atoms with Gasteiger partial charge in [0.1, 0.15) is 10.2 Å². The number of anilines is 2. The minimum atomic E-state index is 0.250. The van der Waals surface area contributed by atoms with Crippen molar-refractivity contribution in [3.05, 3.63) is 40.2 Å². The van der Waals surface area contributed by atoms with E-state index in [4.69, 9.17) is 16.7 Å². The number of aliphatic hydroxyl groups excluding tert-OH is 1. The van der Waals surface area contributed by atoms with Crippen LogP contribution in [0.4, 0.5) is 11.5 Å². The van der Waals surface area contributed by atoms with Crippen LogP contribution in [0.15, 0.2) is 35.8 Å². The van der Waals surface area contributed by atoms with Gasteiger partial charge in [-0.05, 0) is 36.5 Å². The minimum absolute atomic E-state index is 0.250. The van der Waals surface area contributed by atoms with Gasteiger partial charge in [-0.3, -0.25) is 4.90 Å². The van der Waals surface area contributed by atoms with Crippen LogP contribution in [0, 0.1) is 0 Å². The summed E-state index contributed by atoms with van der Waals surface area (Å²) >= 11 is 7.92. The Kier molecular flexibility index (Phi) is 7.07. The Bertz CT molecular complexity index is 631. The highest BCUT2D eigenvalue weighted by Gasteiger charge is 2.18. The molecule has 0 aromatic carbocycles. The lowest BCUT2D eigenvalue weighted by Gasteiger charge is -2.34. The predicted octanol–water partition coefficient (Wildman–Crippen LogP) is 2.93. The Labute approximate surface area is 158 Å². The van der Waals surface area contributed by atoms with Crippen LogP contribution < -0.4 is 4.90 Å². The molecule has 1 N–H and O–H groups in total. The van der Waals surface area contributed by atoms with Crippen LogP contribution in [0.1, 0.15) is 6.42 Å². The highest BCUT2D eigenvalue weighted by molar-refractivity contribution is 7.15. The molecule has 2 aromatic rings. The molecule has 25 heavy (non-hydrogen) atoms. The zero-order valence-electron chi connectivity index (χ0n) is 14.4. The molecule has 1 fully saturated rings. The molecule has 7 heteroatoms. The second-order valence-electron chi connectivity index (χ2n) is 6.18. The second kappa shape index (κ2) is 9.50. The van der Waals surface area contributed by atoms with Crippen LogP contribution in [-0.2, 0) is 0 Å². The van der Waals surface area contributed by atoms with E-state index in [-0.39, 0.29) is 6.61 Å². The number of halogens is 1. The molecule has 5 nitrogen and oxygen atoms in total. The molecule has 0 bridgehead atoms. The molecule has 0 unspecified atom stereocenters. The molecule has 1 saturated heterocycles. The maximum atomic E-state index is 9.03. The minimum Gasteiger partial charge on any atom is -0.395 e. The van der Waals surface area contributed by atoms with Crippen molar-refractivity contribution in [2.45, 2.75) is 6.42 Å². The van der Waals surface area contributed by atoms with Crippen molar-refractivity contribution in [2.24, 2.45) is 0 Å². The lowest BCUT2D eigenvalue weighted by Crippen LogP contribution is -2.47. The number of β-amino-alcohol motifs (C(OH)–C–C–N with tert-alkyl or cyclic N) is 1. The summed E-state index contributed by atoms with van der Waals surface area (Å²) in [5.74, 6) is 0.940. The molecule has 1 aliphatic rings. The number of rotatable bonds is 8. The Morgan fingerprint density at radius 3 is 2.48 bits per heavy atom. The smallest absolute Gasteiger partial charge is 0.132 e. The molecule has 2 aromatic heterocycles. The third kappa shape index (κ3) is 5.15. The average molecular weight is 381 g/mol. The molecular weight excluding hydrogens is 356 g/mol. The first kappa shape index (κ1) is 18.6. The van der Waals surface area contributed by atoms with Gasteiger partial charge in [0.2, 0.25) is 0 Å². The quantitative estimate of drug-likeness (QED) is 0.762. The van der Waals surface area contributed by atoms with Gasteiger partial charge in [0.25, 0.3) is 0 Å². The zero-order chi connectivity index (χ0) is 17.5. The number of piperazine rings is 1. The maximum absolute atomic E-state index is 9.03. The van der Waals surface area contributed by atoms with Crippen molar-refractivity contribution in [2.75, 3.05) is 57.3 Å². The number of aliphatic hydroxyl groups is 1. The molecule has 0 amide bonds. The van der Waals surface area contributed by atoms with Crippen molar-refractivity contribution in [1.82, 2.24) is 14.8 Å². The lowest BCUT2D eigenvalue weighted by molar-refractivity contribution is 0.112. The number of nitrogens with zero attached hydrogens (tertiary/aromatic N) is 4. The summed E-state index contributed by atoms with van der Waals surface area (Å²) in [5, 5.41) is 11.1. The first-order valence-corrected chi connectivity index (χ1v) is 10.0. The van der Waals surface area contributed by atoms with E-state index in [0.717, 1.165) is 68.1 Å². The Morgan fingerprint density at radius 2 is 1.88 bits per heavy atom. The molecule has 0 aliphatic carbocycles. The monoisotopic (exact) mass is 380 g/mol. The first-order chi connectivity index (χ1) is 12.3. The molecule has 3 heterocycles. The van der Waals surface area contributed by atoms with E-state index >= 15 is 0 Å². The van der Waals surface area contributed by atoms with E-state index < -0.39 is 0 Å². The van der Waals surface area contributed by atoms with Crippen LogP contribution >= 0.6 is 22.9 Å². The van der Waals surface area contributed by atoms with Gasteiger partial charge in [0.05, 0.1) is 12.3 Å². The van der Waals surface area contributed by atoms with Gasteiger partial charge >= 0.3 is 0 Å². The summed E-state index contributed by atoms with van der Waals surface area (Å²) in [6, 6.07) is 8.04. The van der Waals surface area contributed by atoms with E-state index in [1.807, 2.05) is 29.8 Å². The SMILES string of the molecule is OCCN1CCN(CCCN(c2ccccn2)c2ccsc2Cl)CC1. The average Bonchev–Trinajstić information content (AvgIpc) is 3.07. The topological polar surface area (TPSA) is 42.8 Å². The summed E-state index contributed by atoms with van der Waals surface area (Å²) < 4.78 is 0.809. The number of thiophene rings is 1. The summed E-state index contributed by atoms with van der Waals surface area (Å²) in [4.78, 5) is 11.5. The van der Waals surface area contributed by atoms with Gasteiger partial charge < -0.3 is 14.9 Å². The Balaban J connectivity index is 1.55. The van der Waals surface area contributed by atoms with E-state index in [1.165, 1.54) is 0 Å². The van der Waals surface area contributed by atoms with Crippen molar-refractivity contribution in [3.8, 4) is 0 Å². The largest absolute Gasteiger partial charge is 0.395 e. The molecule has 0 atom stereocenters. The van der Waals surface area contributed by atoms with Crippen molar-refractivity contribution in [1.29, 1.82) is 0 Å². The number of pyridine rings is 1. The highest BCUT2D eigenvalue weighted by atomic mass is 35.5. The van der Waals surface area contributed by atoms with E-state index in [1.54, 1.807) is 11.3 Å². The summed E-state index contributed by atoms with van der Waals surface area (Å²) in [5.41, 5.74) is 1.04. The van der Waals surface area contributed by atoms with E-state index in [0.29, 0.717) is 0 Å². The van der Waals surface area contributed by atoms with E-state index in [2.05, 4.69) is 25.8 Å². The fraction of sp³-hybridized carbons (Fsp3) is 0.500. The molecule has 0 spiro atoms. The number of hydrogen-bond donors (Lipinski definition) is 1. The van der Waals surface area contributed by atoms with Gasteiger partial charge in [0, 0.05) is 45.5 Å². The molecule has 136 valence electrons. The Hall–Kier alpha value is -1.18. The predicted molar refractivity (Wildman–Crippen MR) is 105 cm³/mol. The number of aromatic nitrogens is 1. The van der Waals surface area contributed by atoms with Gasteiger partial charge in [-0.25, -0.2) is 4.98 Å². The third-order valence-electron chi connectivity index (χ3n) is 4.55. The highest BCUT2D eigenvalue weighted by Crippen LogP contribution is 2.35. The van der Waals surface area contributed by atoms with E-state index in [9.17, 15) is 0 Å². The summed E-state index contributed by atoms with van der Waals surface area (Å²) in [6.45, 7) is 7.23. The van der Waals surface area contributed by atoms with Crippen molar-refractivity contribution < 1.29 is 5.11 Å². The van der Waals surface area contributed by atoms with Crippen LogP contribution in [0.2, 0.25) is 4.34 Å². The zero-order valence-corrected chi connectivity index (χ0v) is 15.9. The van der Waals surface area contributed by atoms with Crippen LogP contribution in [-0.4, -0.2) is 72.3 Å². The molecule has 1 aliphatic heterocycles. The normalized spacial score (nSPS) is 16.2. The summed E-state index contributed by atoms with van der Waals surface area (Å²) in [7, 11) is 0. The first-order valence-electron chi connectivity index (χ1n) is 8.75. The fourth-order valence-electron chi connectivity index (χ4n) is 3.18. The molecule has 3 rings (SSSR count). The molecule has 0 radical (unpaired) electrons. The number of hydrogen-bond acceptors (Lipinski definition) is 6. The van der Waals surface area contributed by atoms with Crippen LogP contribution in [0.5, 0.6) is 0 Å². The second-order valence-corrected chi connectivity index (χ2v) is 7.70. The fourth-order valence-corrected chi connectivity index (χ4v) is 4.12. The maximum Gasteiger partial charge on any atom is 0.132 e. The standard InChI is InChI=1S/C18H25ClN4OS/c19-18-16(5-15-25-18)23(17-4-1-2-6-20-17)8-3-7-21-9-11-22(12-10-21)13-14-24/h1-2,4-6,15,24H,3,7-14H2. The van der Waals surface area contributed by atoms with Gasteiger partial charge in [-0.15, -0.1) is 11.3 Å². The van der Waals surface area contributed by atoms with Gasteiger partial charge in [0.15, 0.2) is 0 Å². The van der Waals surface area contributed by atoms with Gasteiger partial charge in [-0.1, -0.05) is 17.7 Å². The van der Waals surface area contributed by atoms with Crippen molar-refractivity contribution >= 4 is 34.4 Å². The third-order valence-corrected chi connectivity index (χ3v) is 5.70. The molecular formula is C18H25ClN4OS.